The van der Waals surface area contributed by atoms with E-state index in [0.29, 0.717) is 21.6 Å². The number of ketones is 1. The van der Waals surface area contributed by atoms with Crippen molar-refractivity contribution in [3.05, 3.63) is 101 Å². The van der Waals surface area contributed by atoms with Crippen molar-refractivity contribution < 1.29 is 14.0 Å². The first-order chi connectivity index (χ1) is 16.0. The molecule has 1 heterocycles. The van der Waals surface area contributed by atoms with Gasteiger partial charge in [-0.2, -0.15) is 0 Å². The number of rotatable bonds is 8. The Labute approximate surface area is 198 Å². The summed E-state index contributed by atoms with van der Waals surface area (Å²) in [6.07, 6.45) is -0.123. The lowest BCUT2D eigenvalue weighted by atomic mass is 10.1. The van der Waals surface area contributed by atoms with Gasteiger partial charge in [0, 0.05) is 16.3 Å². The largest absolute Gasteiger partial charge is 0.323 e. The average molecular weight is 481 g/mol. The van der Waals surface area contributed by atoms with E-state index >= 15 is 0 Å². The Kier molecular flexibility index (Phi) is 7.16. The van der Waals surface area contributed by atoms with Crippen LogP contribution >= 0.6 is 23.4 Å². The lowest BCUT2D eigenvalue weighted by molar-refractivity contribution is -0.115. The summed E-state index contributed by atoms with van der Waals surface area (Å²) in [6, 6.07) is 21.9. The van der Waals surface area contributed by atoms with Crippen LogP contribution in [0.1, 0.15) is 16.2 Å². The molecular formula is C24H18ClFN4O2S. The first-order valence-corrected chi connectivity index (χ1v) is 11.3. The van der Waals surface area contributed by atoms with Gasteiger partial charge in [0.05, 0.1) is 17.9 Å². The van der Waals surface area contributed by atoms with Crippen molar-refractivity contribution in [1.82, 2.24) is 14.8 Å². The number of thioether (sulfide) groups is 1. The van der Waals surface area contributed by atoms with E-state index in [4.69, 9.17) is 11.6 Å². The highest BCUT2D eigenvalue weighted by atomic mass is 35.5. The van der Waals surface area contributed by atoms with Gasteiger partial charge in [0.2, 0.25) is 5.91 Å². The predicted molar refractivity (Wildman–Crippen MR) is 127 cm³/mol. The van der Waals surface area contributed by atoms with E-state index < -0.39 is 11.7 Å². The molecule has 4 rings (SSSR count). The van der Waals surface area contributed by atoms with Crippen molar-refractivity contribution >= 4 is 40.7 Å². The van der Waals surface area contributed by atoms with Crippen molar-refractivity contribution in [3.63, 3.8) is 0 Å². The van der Waals surface area contributed by atoms with Crippen molar-refractivity contribution in [3.8, 4) is 5.69 Å². The van der Waals surface area contributed by atoms with E-state index in [-0.39, 0.29) is 23.6 Å². The summed E-state index contributed by atoms with van der Waals surface area (Å²) >= 11 is 7.11. The van der Waals surface area contributed by atoms with E-state index in [1.165, 1.54) is 23.9 Å². The number of hydrogen-bond donors (Lipinski definition) is 1. The van der Waals surface area contributed by atoms with Gasteiger partial charge in [0.15, 0.2) is 10.9 Å². The van der Waals surface area contributed by atoms with Crippen LogP contribution in [0.25, 0.3) is 5.69 Å². The predicted octanol–water partition coefficient (Wildman–Crippen LogP) is 5.22. The molecule has 33 heavy (non-hydrogen) atoms. The van der Waals surface area contributed by atoms with Crippen LogP contribution in [-0.2, 0) is 11.2 Å². The van der Waals surface area contributed by atoms with Crippen LogP contribution < -0.4 is 5.32 Å². The number of hydrogen-bond acceptors (Lipinski definition) is 5. The molecule has 3 aromatic carbocycles. The molecule has 1 N–H and O–H groups in total. The van der Waals surface area contributed by atoms with Crippen molar-refractivity contribution in [2.24, 2.45) is 0 Å². The maximum absolute atomic E-state index is 13.9. The molecule has 0 unspecified atom stereocenters. The fourth-order valence-corrected chi connectivity index (χ4v) is 4.09. The maximum atomic E-state index is 13.9. The lowest BCUT2D eigenvalue weighted by Crippen LogP contribution is -2.18. The Balaban J connectivity index is 1.54. The third kappa shape index (κ3) is 5.66. The molecule has 0 spiro atoms. The van der Waals surface area contributed by atoms with Gasteiger partial charge >= 0.3 is 0 Å². The minimum Gasteiger partial charge on any atom is -0.323 e. The first-order valence-electron chi connectivity index (χ1n) is 9.97. The Hall–Kier alpha value is -3.49. The standard InChI is InChI=1S/C24H18ClFN4O2S/c25-17-12-10-16(11-13-17)21(31)15-33-24-29-28-22(30(24)18-6-2-1-3-7-18)14-23(32)27-20-9-5-4-8-19(20)26/h1-13H,14-15H2,(H,27,32). The Morgan fingerprint density at radius 2 is 1.64 bits per heavy atom. The molecule has 0 saturated heterocycles. The fraction of sp³-hybridized carbons (Fsp3) is 0.0833. The zero-order valence-corrected chi connectivity index (χ0v) is 18.8. The van der Waals surface area contributed by atoms with Gasteiger partial charge in [-0.15, -0.1) is 10.2 Å². The van der Waals surface area contributed by atoms with Crippen LogP contribution in [0.4, 0.5) is 10.1 Å². The molecule has 166 valence electrons. The molecular weight excluding hydrogens is 463 g/mol. The van der Waals surface area contributed by atoms with Crippen LogP contribution in [0.15, 0.2) is 84.0 Å². The number of amides is 1. The second kappa shape index (κ2) is 10.4. The molecule has 1 amide bonds. The van der Waals surface area contributed by atoms with Gasteiger partial charge in [-0.1, -0.05) is 53.7 Å². The van der Waals surface area contributed by atoms with Crippen LogP contribution in [0.5, 0.6) is 0 Å². The van der Waals surface area contributed by atoms with Gasteiger partial charge < -0.3 is 5.32 Å². The Morgan fingerprint density at radius 1 is 0.939 bits per heavy atom. The maximum Gasteiger partial charge on any atom is 0.232 e. The minimum absolute atomic E-state index is 0.0851. The molecule has 0 aliphatic heterocycles. The third-order valence-corrected chi connectivity index (χ3v) is 5.86. The highest BCUT2D eigenvalue weighted by Gasteiger charge is 2.19. The molecule has 0 aliphatic rings. The Bertz CT molecular complexity index is 1280. The summed E-state index contributed by atoms with van der Waals surface area (Å²) in [5.74, 6) is -0.533. The number of halogens is 2. The van der Waals surface area contributed by atoms with Crippen molar-refractivity contribution in [2.45, 2.75) is 11.6 Å². The minimum atomic E-state index is -0.521. The van der Waals surface area contributed by atoms with Gasteiger partial charge in [-0.3, -0.25) is 14.2 Å². The molecule has 0 bridgehead atoms. The number of nitrogens with zero attached hydrogens (tertiary/aromatic N) is 3. The van der Waals surface area contributed by atoms with Crippen molar-refractivity contribution in [2.75, 3.05) is 11.1 Å². The van der Waals surface area contributed by atoms with E-state index in [9.17, 15) is 14.0 Å². The number of carbonyl (C=O) groups is 2. The van der Waals surface area contributed by atoms with Crippen molar-refractivity contribution in [1.29, 1.82) is 0 Å². The molecule has 1 aromatic heterocycles. The van der Waals surface area contributed by atoms with Gasteiger partial charge in [-0.05, 0) is 48.5 Å². The third-order valence-electron chi connectivity index (χ3n) is 4.68. The number of aromatic nitrogens is 3. The summed E-state index contributed by atoms with van der Waals surface area (Å²) in [7, 11) is 0. The molecule has 0 atom stereocenters. The molecule has 4 aromatic rings. The number of Topliss-reactive ketones (excluding diaryl/α,β-unsaturated/α-hetero) is 1. The molecule has 9 heteroatoms. The summed E-state index contributed by atoms with van der Waals surface area (Å²) in [5.41, 5.74) is 1.39. The normalized spacial score (nSPS) is 10.7. The summed E-state index contributed by atoms with van der Waals surface area (Å²) in [4.78, 5) is 25.2. The van der Waals surface area contributed by atoms with E-state index in [0.717, 1.165) is 5.69 Å². The van der Waals surface area contributed by atoms with Gasteiger partial charge in [0.25, 0.3) is 0 Å². The highest BCUT2D eigenvalue weighted by molar-refractivity contribution is 7.99. The number of benzene rings is 3. The quantitative estimate of drug-likeness (QED) is 0.276. The summed E-state index contributed by atoms with van der Waals surface area (Å²) in [5, 5.41) is 11.9. The average Bonchev–Trinajstić information content (AvgIpc) is 3.22. The first kappa shape index (κ1) is 22.7. The monoisotopic (exact) mass is 480 g/mol. The SMILES string of the molecule is O=C(Cc1nnc(SCC(=O)c2ccc(Cl)cc2)n1-c1ccccc1)Nc1ccccc1F. The van der Waals surface area contributed by atoms with E-state index in [2.05, 4.69) is 15.5 Å². The zero-order valence-electron chi connectivity index (χ0n) is 17.2. The summed E-state index contributed by atoms with van der Waals surface area (Å²) < 4.78 is 15.6. The number of para-hydroxylation sites is 2. The highest BCUT2D eigenvalue weighted by Crippen LogP contribution is 2.24. The number of nitrogens with one attached hydrogen (secondary N) is 1. The second-order valence-corrected chi connectivity index (χ2v) is 8.37. The fourth-order valence-electron chi connectivity index (χ4n) is 3.09. The lowest BCUT2D eigenvalue weighted by Gasteiger charge is -2.11. The molecule has 0 radical (unpaired) electrons. The van der Waals surface area contributed by atoms with Gasteiger partial charge in [0.1, 0.15) is 11.6 Å². The van der Waals surface area contributed by atoms with Crippen LogP contribution in [0.3, 0.4) is 0 Å². The van der Waals surface area contributed by atoms with Crippen LogP contribution in [0.2, 0.25) is 5.02 Å². The topological polar surface area (TPSA) is 76.9 Å². The zero-order chi connectivity index (χ0) is 23.2. The smallest absolute Gasteiger partial charge is 0.232 e. The number of anilines is 1. The molecule has 0 saturated carbocycles. The Morgan fingerprint density at radius 3 is 2.36 bits per heavy atom. The number of carbonyl (C=O) groups excluding carboxylic acids is 2. The molecule has 6 nitrogen and oxygen atoms in total. The summed E-state index contributed by atoms with van der Waals surface area (Å²) in [6.45, 7) is 0. The van der Waals surface area contributed by atoms with Crippen LogP contribution in [0, 0.1) is 5.82 Å². The second-order valence-electron chi connectivity index (χ2n) is 6.99. The molecule has 0 fully saturated rings. The van der Waals surface area contributed by atoms with E-state index in [1.807, 2.05) is 30.3 Å². The van der Waals surface area contributed by atoms with E-state index in [1.54, 1.807) is 41.0 Å². The van der Waals surface area contributed by atoms with Gasteiger partial charge in [-0.25, -0.2) is 4.39 Å². The molecule has 0 aliphatic carbocycles. The van der Waals surface area contributed by atoms with Crippen LogP contribution in [-0.4, -0.2) is 32.2 Å².